The van der Waals surface area contributed by atoms with E-state index in [-0.39, 0.29) is 12.4 Å². The van der Waals surface area contributed by atoms with Crippen molar-refractivity contribution in [2.24, 2.45) is 0 Å². The van der Waals surface area contributed by atoms with E-state index in [9.17, 15) is 0 Å². The third-order valence-electron chi connectivity index (χ3n) is 5.55. The van der Waals surface area contributed by atoms with E-state index in [1.165, 1.54) is 59.8 Å². The van der Waals surface area contributed by atoms with Crippen LogP contribution in [0.5, 0.6) is 0 Å². The monoisotopic (exact) mass is 397 g/mol. The molecule has 0 radical (unpaired) electrons. The summed E-state index contributed by atoms with van der Waals surface area (Å²) in [6.45, 7) is 4.86. The molecule has 3 aromatic rings. The SMILES string of the molecule is [Cl-].c1ccc2c(c1)Sc1cc3ccccc3nc1N2CC[NH+]1CCCCC1. The van der Waals surface area contributed by atoms with Gasteiger partial charge in [0.25, 0.3) is 0 Å². The normalized spacial score (nSPS) is 16.5. The first kappa shape index (κ1) is 18.6. The Kier molecular flexibility index (Phi) is 5.58. The number of aromatic nitrogens is 1. The van der Waals surface area contributed by atoms with Gasteiger partial charge in [-0.25, -0.2) is 4.98 Å². The number of fused-ring (bicyclic) bond motifs is 3. The third kappa shape index (κ3) is 3.66. The highest BCUT2D eigenvalue weighted by molar-refractivity contribution is 7.99. The van der Waals surface area contributed by atoms with Crippen molar-refractivity contribution in [3.05, 3.63) is 54.6 Å². The van der Waals surface area contributed by atoms with Crippen LogP contribution in [0.15, 0.2) is 64.4 Å². The molecular formula is C22H24ClN3S. The van der Waals surface area contributed by atoms with Gasteiger partial charge in [-0.3, -0.25) is 0 Å². The van der Waals surface area contributed by atoms with Gasteiger partial charge in [-0.05, 0) is 43.5 Å². The van der Waals surface area contributed by atoms with Crippen LogP contribution in [0.4, 0.5) is 11.5 Å². The molecule has 2 aromatic carbocycles. The predicted molar refractivity (Wildman–Crippen MR) is 109 cm³/mol. The average Bonchev–Trinajstić information content (AvgIpc) is 2.70. The largest absolute Gasteiger partial charge is 1.00 e. The molecule has 1 aromatic heterocycles. The summed E-state index contributed by atoms with van der Waals surface area (Å²) in [7, 11) is 0. The Morgan fingerprint density at radius 2 is 1.70 bits per heavy atom. The maximum atomic E-state index is 5.06. The topological polar surface area (TPSA) is 20.6 Å². The molecule has 0 bridgehead atoms. The number of quaternary nitrogens is 1. The molecule has 3 nitrogen and oxygen atoms in total. The van der Waals surface area contributed by atoms with Crippen LogP contribution in [0.2, 0.25) is 0 Å². The number of likely N-dealkylation sites (tertiary alicyclic amines) is 1. The molecule has 0 aliphatic carbocycles. The fourth-order valence-electron chi connectivity index (χ4n) is 4.15. The lowest BCUT2D eigenvalue weighted by atomic mass is 10.1. The fourth-order valence-corrected chi connectivity index (χ4v) is 5.25. The minimum Gasteiger partial charge on any atom is -1.00 e. The molecule has 140 valence electrons. The van der Waals surface area contributed by atoms with Crippen LogP contribution in [0, 0.1) is 0 Å². The molecule has 1 saturated heterocycles. The van der Waals surface area contributed by atoms with E-state index in [1.807, 2.05) is 11.8 Å². The number of benzene rings is 2. The maximum Gasteiger partial charge on any atom is 0.148 e. The molecule has 5 rings (SSSR count). The van der Waals surface area contributed by atoms with E-state index in [1.54, 1.807) is 4.90 Å². The summed E-state index contributed by atoms with van der Waals surface area (Å²) < 4.78 is 0. The number of nitrogens with one attached hydrogen (secondary N) is 1. The van der Waals surface area contributed by atoms with Crippen LogP contribution < -0.4 is 22.2 Å². The Labute approximate surface area is 171 Å². The van der Waals surface area contributed by atoms with Gasteiger partial charge in [-0.1, -0.05) is 42.1 Å². The second-order valence-corrected chi connectivity index (χ2v) is 8.37. The fraction of sp³-hybridized carbons (Fsp3) is 0.318. The van der Waals surface area contributed by atoms with Crippen molar-refractivity contribution in [1.82, 2.24) is 4.98 Å². The van der Waals surface area contributed by atoms with E-state index < -0.39 is 0 Å². The van der Waals surface area contributed by atoms with Gasteiger partial charge in [0.15, 0.2) is 0 Å². The maximum absolute atomic E-state index is 5.06. The number of hydrogen-bond donors (Lipinski definition) is 1. The minimum absolute atomic E-state index is 0. The molecule has 2 aliphatic heterocycles. The lowest BCUT2D eigenvalue weighted by Crippen LogP contribution is -3.13. The molecule has 3 heterocycles. The molecule has 0 saturated carbocycles. The number of nitrogens with zero attached hydrogens (tertiary/aromatic N) is 2. The molecule has 0 unspecified atom stereocenters. The molecule has 5 heteroatoms. The summed E-state index contributed by atoms with van der Waals surface area (Å²) in [5.74, 6) is 1.13. The first-order valence-corrected chi connectivity index (χ1v) is 10.5. The van der Waals surface area contributed by atoms with Crippen molar-refractivity contribution in [3.8, 4) is 0 Å². The van der Waals surface area contributed by atoms with E-state index >= 15 is 0 Å². The first-order valence-electron chi connectivity index (χ1n) is 9.66. The number of hydrogen-bond acceptors (Lipinski definition) is 3. The van der Waals surface area contributed by atoms with E-state index in [0.717, 1.165) is 17.9 Å². The predicted octanol–water partition coefficient (Wildman–Crippen LogP) is 0.910. The van der Waals surface area contributed by atoms with Crippen LogP contribution >= 0.6 is 11.8 Å². The highest BCUT2D eigenvalue weighted by Gasteiger charge is 2.26. The van der Waals surface area contributed by atoms with Gasteiger partial charge in [-0.15, -0.1) is 0 Å². The van der Waals surface area contributed by atoms with Crippen molar-refractivity contribution < 1.29 is 17.3 Å². The molecule has 0 spiro atoms. The van der Waals surface area contributed by atoms with Gasteiger partial charge >= 0.3 is 0 Å². The van der Waals surface area contributed by atoms with Gasteiger partial charge in [0, 0.05) is 10.3 Å². The number of rotatable bonds is 3. The van der Waals surface area contributed by atoms with Crippen molar-refractivity contribution in [3.63, 3.8) is 0 Å². The zero-order chi connectivity index (χ0) is 17.3. The Bertz CT molecular complexity index is 940. The number of halogens is 1. The van der Waals surface area contributed by atoms with Crippen molar-refractivity contribution in [1.29, 1.82) is 0 Å². The summed E-state index contributed by atoms with van der Waals surface area (Å²) in [6, 6.07) is 19.5. The summed E-state index contributed by atoms with van der Waals surface area (Å²) in [5, 5.41) is 1.22. The summed E-state index contributed by atoms with van der Waals surface area (Å²) in [5.41, 5.74) is 2.39. The van der Waals surface area contributed by atoms with Crippen molar-refractivity contribution in [2.45, 2.75) is 29.1 Å². The molecular weight excluding hydrogens is 374 g/mol. The molecule has 0 atom stereocenters. The zero-order valence-corrected chi connectivity index (χ0v) is 16.9. The molecule has 27 heavy (non-hydrogen) atoms. The first-order chi connectivity index (χ1) is 12.9. The highest BCUT2D eigenvalue weighted by atomic mass is 35.5. The molecule has 1 N–H and O–H groups in total. The summed E-state index contributed by atoms with van der Waals surface area (Å²) >= 11 is 1.85. The smallest absolute Gasteiger partial charge is 0.148 e. The van der Waals surface area contributed by atoms with Gasteiger partial charge in [0.2, 0.25) is 0 Å². The Morgan fingerprint density at radius 3 is 2.59 bits per heavy atom. The number of pyridine rings is 1. The Morgan fingerprint density at radius 1 is 0.926 bits per heavy atom. The lowest BCUT2D eigenvalue weighted by molar-refractivity contribution is -0.903. The summed E-state index contributed by atoms with van der Waals surface area (Å²) in [4.78, 5) is 11.9. The molecule has 0 amide bonds. The van der Waals surface area contributed by atoms with Crippen LogP contribution in [0.3, 0.4) is 0 Å². The van der Waals surface area contributed by atoms with Gasteiger partial charge in [-0.2, -0.15) is 0 Å². The highest BCUT2D eigenvalue weighted by Crippen LogP contribution is 2.47. The number of anilines is 2. The Hall–Kier alpha value is -1.75. The van der Waals surface area contributed by atoms with Crippen molar-refractivity contribution >= 4 is 34.2 Å². The third-order valence-corrected chi connectivity index (χ3v) is 6.64. The second-order valence-electron chi connectivity index (χ2n) is 7.28. The molecule has 2 aliphatic rings. The van der Waals surface area contributed by atoms with Gasteiger partial charge in [0.05, 0.1) is 42.3 Å². The van der Waals surface area contributed by atoms with Crippen LogP contribution in [0.1, 0.15) is 19.3 Å². The lowest BCUT2D eigenvalue weighted by Gasteiger charge is -2.33. The quantitative estimate of drug-likeness (QED) is 0.709. The van der Waals surface area contributed by atoms with E-state index in [2.05, 4.69) is 59.5 Å². The van der Waals surface area contributed by atoms with E-state index in [0.29, 0.717) is 0 Å². The summed E-state index contributed by atoms with van der Waals surface area (Å²) in [6.07, 6.45) is 4.16. The minimum atomic E-state index is 0. The van der Waals surface area contributed by atoms with Crippen LogP contribution in [-0.2, 0) is 0 Å². The second kappa shape index (κ2) is 8.09. The van der Waals surface area contributed by atoms with Gasteiger partial charge < -0.3 is 22.2 Å². The average molecular weight is 398 g/mol. The Balaban J connectivity index is 0.00000180. The number of para-hydroxylation sites is 2. The zero-order valence-electron chi connectivity index (χ0n) is 15.3. The van der Waals surface area contributed by atoms with E-state index in [4.69, 9.17) is 4.98 Å². The van der Waals surface area contributed by atoms with Crippen LogP contribution in [-0.4, -0.2) is 31.2 Å². The number of piperidine rings is 1. The molecule has 1 fully saturated rings. The van der Waals surface area contributed by atoms with Crippen molar-refractivity contribution in [2.75, 3.05) is 31.1 Å². The standard InChI is InChI=1S/C22H23N3S.ClH/c1-6-12-24(13-7-1)14-15-25-19-10-4-5-11-20(19)26-21-16-17-8-2-3-9-18(17)23-22(21)25;/h2-5,8-11,16H,1,6-7,12-15H2;1H. The van der Waals surface area contributed by atoms with Crippen LogP contribution in [0.25, 0.3) is 10.9 Å². The van der Waals surface area contributed by atoms with Gasteiger partial charge in [0.1, 0.15) is 5.82 Å².